The van der Waals surface area contributed by atoms with E-state index in [1.165, 1.54) is 5.56 Å². The molecule has 3 atom stereocenters. The minimum absolute atomic E-state index is 0.202. The number of thioether (sulfide) groups is 1. The first-order valence-electron chi connectivity index (χ1n) is 6.39. The van der Waals surface area contributed by atoms with Crippen LogP contribution in [0.3, 0.4) is 0 Å². The minimum Gasteiger partial charge on any atom is -0.395 e. The maximum Gasteiger partial charge on any atom is 0.0564 e. The molecular weight excluding hydrogens is 244 g/mol. The molecule has 1 aromatic heterocycles. The van der Waals surface area contributed by atoms with Crippen LogP contribution in [0.15, 0.2) is 24.5 Å². The highest BCUT2D eigenvalue weighted by atomic mass is 32.2. The Morgan fingerprint density at radius 3 is 2.56 bits per heavy atom. The zero-order valence-corrected chi connectivity index (χ0v) is 12.4. The first-order chi connectivity index (χ1) is 8.60. The van der Waals surface area contributed by atoms with Crippen molar-refractivity contribution < 1.29 is 5.11 Å². The fourth-order valence-electron chi connectivity index (χ4n) is 2.06. The van der Waals surface area contributed by atoms with Crippen LogP contribution in [0.1, 0.15) is 32.4 Å². The molecule has 0 saturated heterocycles. The Balaban J connectivity index is 2.76. The average molecular weight is 268 g/mol. The molecule has 0 fully saturated rings. The van der Waals surface area contributed by atoms with Crippen molar-refractivity contribution in [1.29, 1.82) is 0 Å². The lowest BCUT2D eigenvalue weighted by molar-refractivity contribution is 0.262. The molecule has 102 valence electrons. The van der Waals surface area contributed by atoms with Crippen LogP contribution in [0, 0.1) is 5.92 Å². The molecule has 0 aliphatic carbocycles. The van der Waals surface area contributed by atoms with E-state index in [1.54, 1.807) is 18.0 Å². The van der Waals surface area contributed by atoms with Crippen molar-refractivity contribution in [3.8, 4) is 0 Å². The van der Waals surface area contributed by atoms with Crippen LogP contribution in [0.25, 0.3) is 0 Å². The summed E-state index contributed by atoms with van der Waals surface area (Å²) in [6.45, 7) is 6.73. The second kappa shape index (κ2) is 7.77. The summed E-state index contributed by atoms with van der Waals surface area (Å²) >= 11 is 1.70. The van der Waals surface area contributed by atoms with Gasteiger partial charge < -0.3 is 10.4 Å². The van der Waals surface area contributed by atoms with Crippen molar-refractivity contribution in [3.63, 3.8) is 0 Å². The highest BCUT2D eigenvalue weighted by molar-refractivity contribution is 7.99. The van der Waals surface area contributed by atoms with Gasteiger partial charge in [-0.05, 0) is 30.7 Å². The monoisotopic (exact) mass is 268 g/mol. The summed E-state index contributed by atoms with van der Waals surface area (Å²) in [4.78, 5) is 4.19. The Labute approximate surface area is 114 Å². The third kappa shape index (κ3) is 4.26. The molecule has 3 unspecified atom stereocenters. The van der Waals surface area contributed by atoms with Crippen molar-refractivity contribution in [1.82, 2.24) is 10.3 Å². The number of hydrogen-bond donors (Lipinski definition) is 2. The number of aliphatic hydroxyl groups is 1. The van der Waals surface area contributed by atoms with E-state index >= 15 is 0 Å². The van der Waals surface area contributed by atoms with Gasteiger partial charge in [0.15, 0.2) is 0 Å². The quantitative estimate of drug-likeness (QED) is 0.797. The first kappa shape index (κ1) is 15.5. The number of nitrogens with one attached hydrogen (secondary N) is 1. The molecule has 0 aliphatic rings. The number of aromatic nitrogens is 1. The van der Waals surface area contributed by atoms with Crippen molar-refractivity contribution >= 4 is 11.8 Å². The van der Waals surface area contributed by atoms with E-state index in [1.807, 2.05) is 18.5 Å². The van der Waals surface area contributed by atoms with E-state index in [9.17, 15) is 5.11 Å². The second-order valence-electron chi connectivity index (χ2n) is 4.92. The zero-order chi connectivity index (χ0) is 13.5. The van der Waals surface area contributed by atoms with Gasteiger partial charge >= 0.3 is 0 Å². The molecule has 0 amide bonds. The summed E-state index contributed by atoms with van der Waals surface area (Å²) in [6, 6.07) is 4.60. The molecule has 1 rings (SSSR count). The minimum atomic E-state index is 0.202. The van der Waals surface area contributed by atoms with E-state index in [-0.39, 0.29) is 23.9 Å². The van der Waals surface area contributed by atoms with Crippen molar-refractivity contribution in [2.24, 2.45) is 5.92 Å². The molecule has 0 saturated carbocycles. The van der Waals surface area contributed by atoms with E-state index in [4.69, 9.17) is 0 Å². The van der Waals surface area contributed by atoms with E-state index < -0.39 is 0 Å². The van der Waals surface area contributed by atoms with Gasteiger partial charge in [-0.25, -0.2) is 0 Å². The molecule has 0 bridgehead atoms. The van der Waals surface area contributed by atoms with Gasteiger partial charge in [-0.15, -0.1) is 0 Å². The third-order valence-corrected chi connectivity index (χ3v) is 4.36. The van der Waals surface area contributed by atoms with Gasteiger partial charge in [0.2, 0.25) is 0 Å². The SMILES string of the molecule is CSC(CO)C(C)NC(c1cccnc1)C(C)C. The molecule has 18 heavy (non-hydrogen) atoms. The average Bonchev–Trinajstić information content (AvgIpc) is 2.38. The lowest BCUT2D eigenvalue weighted by Gasteiger charge is -2.30. The molecule has 4 heteroatoms. The van der Waals surface area contributed by atoms with Crippen LogP contribution in [0.4, 0.5) is 0 Å². The molecular formula is C14H24N2OS. The number of rotatable bonds is 7. The number of pyridine rings is 1. The molecule has 2 N–H and O–H groups in total. The predicted octanol–water partition coefficient (Wildman–Crippen LogP) is 2.48. The lowest BCUT2D eigenvalue weighted by Crippen LogP contribution is -2.41. The van der Waals surface area contributed by atoms with Crippen LogP contribution in [-0.4, -0.2) is 34.2 Å². The Kier molecular flexibility index (Phi) is 6.68. The molecule has 0 aliphatic heterocycles. The van der Waals surface area contributed by atoms with E-state index in [0.717, 1.165) is 0 Å². The maximum absolute atomic E-state index is 9.35. The normalized spacial score (nSPS) is 16.6. The van der Waals surface area contributed by atoms with Gasteiger partial charge in [0.1, 0.15) is 0 Å². The standard InChI is InChI=1S/C14H24N2OS/c1-10(2)14(12-6-5-7-15-8-12)16-11(3)13(9-17)18-4/h5-8,10-11,13-14,16-17H,9H2,1-4H3. The summed E-state index contributed by atoms with van der Waals surface area (Å²) in [5.74, 6) is 0.484. The summed E-state index contributed by atoms with van der Waals surface area (Å²) in [7, 11) is 0. The Bertz CT molecular complexity index is 328. The van der Waals surface area contributed by atoms with Crippen molar-refractivity contribution in [3.05, 3.63) is 30.1 Å². The second-order valence-corrected chi connectivity index (χ2v) is 6.00. The summed E-state index contributed by atoms with van der Waals surface area (Å²) in [5, 5.41) is 13.2. The molecule has 0 aromatic carbocycles. The molecule has 1 aromatic rings. The van der Waals surface area contributed by atoms with E-state index in [2.05, 4.69) is 37.1 Å². The summed E-state index contributed by atoms with van der Waals surface area (Å²) < 4.78 is 0. The van der Waals surface area contributed by atoms with Gasteiger partial charge in [0.25, 0.3) is 0 Å². The van der Waals surface area contributed by atoms with Crippen LogP contribution >= 0.6 is 11.8 Å². The van der Waals surface area contributed by atoms with Crippen LogP contribution in [0.2, 0.25) is 0 Å². The number of hydrogen-bond acceptors (Lipinski definition) is 4. The topological polar surface area (TPSA) is 45.1 Å². The Morgan fingerprint density at radius 1 is 1.39 bits per heavy atom. The molecule has 3 nitrogen and oxygen atoms in total. The molecule has 0 spiro atoms. The highest BCUT2D eigenvalue weighted by Crippen LogP contribution is 2.23. The summed E-state index contributed by atoms with van der Waals surface area (Å²) in [5.41, 5.74) is 1.21. The van der Waals surface area contributed by atoms with Gasteiger partial charge in [-0.2, -0.15) is 11.8 Å². The van der Waals surface area contributed by atoms with Crippen LogP contribution in [0.5, 0.6) is 0 Å². The Hall–Kier alpha value is -0.580. The highest BCUT2D eigenvalue weighted by Gasteiger charge is 2.22. The van der Waals surface area contributed by atoms with Gasteiger partial charge in [0.05, 0.1) is 6.61 Å². The van der Waals surface area contributed by atoms with Crippen molar-refractivity contribution in [2.45, 2.75) is 38.1 Å². The van der Waals surface area contributed by atoms with Crippen LogP contribution < -0.4 is 5.32 Å². The van der Waals surface area contributed by atoms with Gasteiger partial charge in [-0.1, -0.05) is 19.9 Å². The Morgan fingerprint density at radius 2 is 2.11 bits per heavy atom. The third-order valence-electron chi connectivity index (χ3n) is 3.19. The molecule has 1 heterocycles. The zero-order valence-electron chi connectivity index (χ0n) is 11.6. The van der Waals surface area contributed by atoms with Crippen LogP contribution in [-0.2, 0) is 0 Å². The lowest BCUT2D eigenvalue weighted by atomic mass is 9.96. The first-order valence-corrected chi connectivity index (χ1v) is 7.68. The van der Waals surface area contributed by atoms with Crippen molar-refractivity contribution in [2.75, 3.05) is 12.9 Å². The van der Waals surface area contributed by atoms with Gasteiger partial charge in [-0.3, -0.25) is 4.98 Å². The molecule has 0 radical (unpaired) electrons. The summed E-state index contributed by atoms with van der Waals surface area (Å²) in [6.07, 6.45) is 5.74. The number of aliphatic hydroxyl groups excluding tert-OH is 1. The number of nitrogens with zero attached hydrogens (tertiary/aromatic N) is 1. The fourth-order valence-corrected chi connectivity index (χ4v) is 2.70. The van der Waals surface area contributed by atoms with E-state index in [0.29, 0.717) is 5.92 Å². The van der Waals surface area contributed by atoms with Gasteiger partial charge in [0, 0.05) is 29.7 Å². The maximum atomic E-state index is 9.35. The largest absolute Gasteiger partial charge is 0.395 e. The smallest absolute Gasteiger partial charge is 0.0564 e. The predicted molar refractivity (Wildman–Crippen MR) is 78.8 cm³/mol. The fraction of sp³-hybridized carbons (Fsp3) is 0.643.